The highest BCUT2D eigenvalue weighted by molar-refractivity contribution is 5.33. The van der Waals surface area contributed by atoms with Crippen molar-refractivity contribution in [3.05, 3.63) is 76.2 Å². The molecule has 0 aliphatic heterocycles. The summed E-state index contributed by atoms with van der Waals surface area (Å²) in [5, 5.41) is 4.27. The van der Waals surface area contributed by atoms with Gasteiger partial charge >= 0.3 is 5.69 Å². The van der Waals surface area contributed by atoms with E-state index in [2.05, 4.69) is 5.10 Å². The molecule has 0 fully saturated rings. The molecule has 0 saturated heterocycles. The van der Waals surface area contributed by atoms with Gasteiger partial charge in [-0.05, 0) is 42.8 Å². The number of hydrogen-bond acceptors (Lipinski definition) is 3. The normalized spacial score (nSPS) is 10.7. The maximum absolute atomic E-state index is 13.4. The van der Waals surface area contributed by atoms with E-state index in [-0.39, 0.29) is 5.69 Å². The van der Waals surface area contributed by atoms with Crippen LogP contribution in [-0.4, -0.2) is 21.5 Å². The summed E-state index contributed by atoms with van der Waals surface area (Å²) in [6.07, 6.45) is 0. The maximum Gasteiger partial charge on any atom is 0.350 e. The largest absolute Gasteiger partial charge is 0.497 e. The third-order valence-corrected chi connectivity index (χ3v) is 3.56. The van der Waals surface area contributed by atoms with Crippen LogP contribution in [0.25, 0.3) is 5.69 Å². The number of aryl methyl sites for hydroxylation is 1. The van der Waals surface area contributed by atoms with Crippen molar-refractivity contribution in [2.45, 2.75) is 13.5 Å². The van der Waals surface area contributed by atoms with Gasteiger partial charge in [-0.15, -0.1) is 0 Å². The number of rotatable bonds is 4. The molecule has 2 aromatic carbocycles. The fourth-order valence-electron chi connectivity index (χ4n) is 2.44. The topological polar surface area (TPSA) is 49.0 Å². The molecule has 23 heavy (non-hydrogen) atoms. The highest BCUT2D eigenvalue weighted by Gasteiger charge is 2.12. The highest BCUT2D eigenvalue weighted by atomic mass is 19.1. The van der Waals surface area contributed by atoms with Gasteiger partial charge in [0, 0.05) is 0 Å². The lowest BCUT2D eigenvalue weighted by molar-refractivity contribution is 0.414. The molecule has 0 unspecified atom stereocenters. The second-order valence-electron chi connectivity index (χ2n) is 5.15. The van der Waals surface area contributed by atoms with Crippen LogP contribution >= 0.6 is 0 Å². The van der Waals surface area contributed by atoms with Crippen molar-refractivity contribution in [1.82, 2.24) is 14.3 Å². The number of ether oxygens (including phenoxy) is 1. The predicted molar refractivity (Wildman–Crippen MR) is 84.6 cm³/mol. The molecule has 0 radical (unpaired) electrons. The molecule has 0 N–H and O–H groups in total. The Hall–Kier alpha value is -2.89. The average molecular weight is 313 g/mol. The van der Waals surface area contributed by atoms with Crippen LogP contribution in [-0.2, 0) is 6.54 Å². The Morgan fingerprint density at radius 1 is 1.17 bits per heavy atom. The third kappa shape index (κ3) is 3.01. The maximum atomic E-state index is 13.4. The number of methoxy groups -OCH3 is 1. The van der Waals surface area contributed by atoms with Gasteiger partial charge in [-0.25, -0.2) is 18.4 Å². The van der Waals surface area contributed by atoms with E-state index in [1.807, 2.05) is 24.3 Å². The first kappa shape index (κ1) is 15.0. The van der Waals surface area contributed by atoms with Gasteiger partial charge in [0.05, 0.1) is 19.3 Å². The fraction of sp³-hybridized carbons (Fsp3) is 0.176. The number of nitrogens with zero attached hydrogens (tertiary/aromatic N) is 3. The number of aromatic nitrogens is 3. The molecule has 1 aromatic heterocycles. The Morgan fingerprint density at radius 2 is 1.91 bits per heavy atom. The summed E-state index contributed by atoms with van der Waals surface area (Å²) in [5.41, 5.74) is 1.09. The fourth-order valence-corrected chi connectivity index (χ4v) is 2.44. The third-order valence-electron chi connectivity index (χ3n) is 3.56. The smallest absolute Gasteiger partial charge is 0.350 e. The van der Waals surface area contributed by atoms with Gasteiger partial charge in [-0.3, -0.25) is 0 Å². The minimum Gasteiger partial charge on any atom is -0.497 e. The summed E-state index contributed by atoms with van der Waals surface area (Å²) < 4.78 is 21.3. The van der Waals surface area contributed by atoms with Crippen LogP contribution in [0.5, 0.6) is 5.75 Å². The first-order valence-corrected chi connectivity index (χ1v) is 7.14. The summed E-state index contributed by atoms with van der Waals surface area (Å²) in [6, 6.07) is 13.3. The standard InChI is InChI=1S/C17H16FN3O2/c1-12-19-20(11-13-6-8-16(23-2)9-7-13)17(22)21(12)15-5-3-4-14(18)10-15/h3-10H,11H2,1-2H3. The Morgan fingerprint density at radius 3 is 2.57 bits per heavy atom. The van der Waals surface area contributed by atoms with Gasteiger partial charge < -0.3 is 4.74 Å². The van der Waals surface area contributed by atoms with Crippen molar-refractivity contribution < 1.29 is 9.13 Å². The monoisotopic (exact) mass is 313 g/mol. The van der Waals surface area contributed by atoms with Crippen LogP contribution in [0.15, 0.2) is 53.3 Å². The van der Waals surface area contributed by atoms with Crippen LogP contribution in [0.4, 0.5) is 4.39 Å². The van der Waals surface area contributed by atoms with Gasteiger partial charge in [0.25, 0.3) is 0 Å². The Labute approximate surface area is 132 Å². The summed E-state index contributed by atoms with van der Waals surface area (Å²) in [4.78, 5) is 12.5. The molecular weight excluding hydrogens is 297 g/mol. The van der Waals surface area contributed by atoms with Gasteiger partial charge in [0.2, 0.25) is 0 Å². The molecule has 0 spiro atoms. The van der Waals surface area contributed by atoms with Crippen molar-refractivity contribution in [3.8, 4) is 11.4 Å². The number of benzene rings is 2. The van der Waals surface area contributed by atoms with Gasteiger partial charge in [-0.2, -0.15) is 5.10 Å². The Kier molecular flexibility index (Phi) is 3.97. The predicted octanol–water partition coefficient (Wildman–Crippen LogP) is 2.54. The molecule has 1 heterocycles. The Balaban J connectivity index is 1.95. The van der Waals surface area contributed by atoms with E-state index in [1.165, 1.54) is 21.4 Å². The molecule has 0 bridgehead atoms. The molecule has 0 saturated carbocycles. The van der Waals surface area contributed by atoms with E-state index >= 15 is 0 Å². The van der Waals surface area contributed by atoms with Crippen LogP contribution in [0, 0.1) is 12.7 Å². The molecule has 5 nitrogen and oxygen atoms in total. The van der Waals surface area contributed by atoms with Gasteiger partial charge in [0.15, 0.2) is 0 Å². The van der Waals surface area contributed by atoms with Crippen molar-refractivity contribution in [3.63, 3.8) is 0 Å². The van der Waals surface area contributed by atoms with E-state index in [1.54, 1.807) is 26.2 Å². The zero-order chi connectivity index (χ0) is 16.4. The van der Waals surface area contributed by atoms with Crippen LogP contribution in [0.3, 0.4) is 0 Å². The minimum atomic E-state index is -0.392. The summed E-state index contributed by atoms with van der Waals surface area (Å²) >= 11 is 0. The molecule has 0 aliphatic rings. The summed E-state index contributed by atoms with van der Waals surface area (Å²) in [6.45, 7) is 2.06. The SMILES string of the molecule is COc1ccc(Cn2nc(C)n(-c3cccc(F)c3)c2=O)cc1. The van der Waals surface area contributed by atoms with Gasteiger partial charge in [0.1, 0.15) is 17.4 Å². The quantitative estimate of drug-likeness (QED) is 0.744. The van der Waals surface area contributed by atoms with Crippen molar-refractivity contribution in [2.24, 2.45) is 0 Å². The molecule has 0 aliphatic carbocycles. The van der Waals surface area contributed by atoms with E-state index in [0.717, 1.165) is 11.3 Å². The van der Waals surface area contributed by atoms with E-state index in [0.29, 0.717) is 18.1 Å². The van der Waals surface area contributed by atoms with Crippen LogP contribution in [0.1, 0.15) is 11.4 Å². The molecule has 0 atom stereocenters. The zero-order valence-electron chi connectivity index (χ0n) is 12.9. The van der Waals surface area contributed by atoms with E-state index < -0.39 is 5.82 Å². The van der Waals surface area contributed by atoms with Crippen molar-refractivity contribution in [1.29, 1.82) is 0 Å². The molecular formula is C17H16FN3O2. The lowest BCUT2D eigenvalue weighted by atomic mass is 10.2. The lowest BCUT2D eigenvalue weighted by Gasteiger charge is -2.03. The van der Waals surface area contributed by atoms with Crippen LogP contribution in [0.2, 0.25) is 0 Å². The molecule has 3 rings (SSSR count). The minimum absolute atomic E-state index is 0.302. The molecule has 118 valence electrons. The van der Waals surface area contributed by atoms with E-state index in [4.69, 9.17) is 4.74 Å². The summed E-state index contributed by atoms with van der Waals surface area (Å²) in [7, 11) is 1.60. The zero-order valence-corrected chi connectivity index (χ0v) is 12.9. The van der Waals surface area contributed by atoms with Crippen molar-refractivity contribution >= 4 is 0 Å². The van der Waals surface area contributed by atoms with Crippen molar-refractivity contribution in [2.75, 3.05) is 7.11 Å². The van der Waals surface area contributed by atoms with Crippen LogP contribution < -0.4 is 10.4 Å². The average Bonchev–Trinajstić information content (AvgIpc) is 2.82. The molecule has 6 heteroatoms. The first-order valence-electron chi connectivity index (χ1n) is 7.14. The van der Waals surface area contributed by atoms with E-state index in [9.17, 15) is 9.18 Å². The Bertz CT molecular complexity index is 882. The molecule has 0 amide bonds. The highest BCUT2D eigenvalue weighted by Crippen LogP contribution is 2.13. The first-order chi connectivity index (χ1) is 11.1. The number of hydrogen-bond donors (Lipinski definition) is 0. The second-order valence-corrected chi connectivity index (χ2v) is 5.15. The second kappa shape index (κ2) is 6.08. The lowest BCUT2D eigenvalue weighted by Crippen LogP contribution is -2.24. The molecule has 3 aromatic rings. The number of halogens is 1. The van der Waals surface area contributed by atoms with Gasteiger partial charge in [-0.1, -0.05) is 18.2 Å². The summed E-state index contributed by atoms with van der Waals surface area (Å²) in [5.74, 6) is 0.869.